The van der Waals surface area contributed by atoms with Gasteiger partial charge in [0.25, 0.3) is 5.91 Å². The summed E-state index contributed by atoms with van der Waals surface area (Å²) in [7, 11) is 0. The highest BCUT2D eigenvalue weighted by molar-refractivity contribution is 14.1. The fourth-order valence-electron chi connectivity index (χ4n) is 3.59. The maximum atomic E-state index is 13.6. The lowest BCUT2D eigenvalue weighted by atomic mass is 10.0. The molecule has 0 aliphatic rings. The molecule has 0 radical (unpaired) electrons. The number of halogens is 3. The van der Waals surface area contributed by atoms with E-state index < -0.39 is 6.04 Å². The van der Waals surface area contributed by atoms with E-state index in [2.05, 4.69) is 27.9 Å². The van der Waals surface area contributed by atoms with Gasteiger partial charge in [-0.2, -0.15) is 0 Å². The third-order valence-corrected chi connectivity index (χ3v) is 7.24. The molecule has 0 heterocycles. The highest BCUT2D eigenvalue weighted by Gasteiger charge is 2.31. The van der Waals surface area contributed by atoms with Gasteiger partial charge in [-0.25, -0.2) is 0 Å². The Morgan fingerprint density at radius 3 is 2.31 bits per heavy atom. The van der Waals surface area contributed by atoms with E-state index in [4.69, 9.17) is 27.9 Å². The van der Waals surface area contributed by atoms with Crippen molar-refractivity contribution in [3.8, 4) is 5.75 Å². The molecule has 3 aromatic rings. The molecule has 8 heteroatoms. The van der Waals surface area contributed by atoms with Crippen molar-refractivity contribution in [3.05, 3.63) is 97.5 Å². The predicted molar refractivity (Wildman–Crippen MR) is 153 cm³/mol. The molecule has 0 fully saturated rings. The lowest BCUT2D eigenvalue weighted by molar-refractivity contribution is -0.143. The minimum Gasteiger partial charge on any atom is -0.484 e. The minimum atomic E-state index is -0.747. The summed E-state index contributed by atoms with van der Waals surface area (Å²) >= 11 is 14.6. The van der Waals surface area contributed by atoms with Gasteiger partial charge in [-0.05, 0) is 83.5 Å². The van der Waals surface area contributed by atoms with Gasteiger partial charge in [-0.3, -0.25) is 9.59 Å². The van der Waals surface area contributed by atoms with Crippen molar-refractivity contribution in [2.45, 2.75) is 45.3 Å². The molecule has 0 aliphatic heterocycles. The van der Waals surface area contributed by atoms with Crippen LogP contribution in [0.2, 0.25) is 10.0 Å². The van der Waals surface area contributed by atoms with Gasteiger partial charge in [0.1, 0.15) is 11.8 Å². The number of nitrogens with one attached hydrogen (secondary N) is 1. The first-order chi connectivity index (χ1) is 17.3. The van der Waals surface area contributed by atoms with Crippen LogP contribution in [0.3, 0.4) is 0 Å². The first-order valence-corrected chi connectivity index (χ1v) is 13.6. The number of nitrogens with zero attached hydrogens (tertiary/aromatic N) is 1. The molecule has 0 spiro atoms. The lowest BCUT2D eigenvalue weighted by Crippen LogP contribution is -2.53. The Morgan fingerprint density at radius 2 is 1.67 bits per heavy atom. The first kappa shape index (κ1) is 28.3. The highest BCUT2D eigenvalue weighted by atomic mass is 127. The van der Waals surface area contributed by atoms with E-state index in [9.17, 15) is 9.59 Å². The number of hydrogen-bond acceptors (Lipinski definition) is 3. The molecule has 0 aliphatic carbocycles. The van der Waals surface area contributed by atoms with Crippen LogP contribution in [0.25, 0.3) is 0 Å². The van der Waals surface area contributed by atoms with Gasteiger partial charge in [0.05, 0.1) is 10.0 Å². The van der Waals surface area contributed by atoms with Crippen molar-refractivity contribution in [2.24, 2.45) is 0 Å². The molecule has 36 heavy (non-hydrogen) atoms. The maximum absolute atomic E-state index is 13.6. The summed E-state index contributed by atoms with van der Waals surface area (Å²) in [5.74, 6) is 0.0673. The number of hydrogen-bond donors (Lipinski definition) is 1. The van der Waals surface area contributed by atoms with Crippen LogP contribution in [-0.2, 0) is 22.6 Å². The predicted octanol–water partition coefficient (Wildman–Crippen LogP) is 6.53. The Hall–Kier alpha value is -2.29. The topological polar surface area (TPSA) is 58.6 Å². The van der Waals surface area contributed by atoms with Gasteiger partial charge in [-0.15, -0.1) is 0 Å². The van der Waals surface area contributed by atoms with Crippen molar-refractivity contribution >= 4 is 57.6 Å². The van der Waals surface area contributed by atoms with E-state index in [-0.39, 0.29) is 31.0 Å². The molecule has 1 N–H and O–H groups in total. The fourth-order valence-corrected chi connectivity index (χ4v) is 4.27. The minimum absolute atomic E-state index is 0.0271. The van der Waals surface area contributed by atoms with Crippen LogP contribution in [0.15, 0.2) is 72.8 Å². The Morgan fingerprint density at radius 1 is 0.972 bits per heavy atom. The van der Waals surface area contributed by atoms with Crippen molar-refractivity contribution < 1.29 is 14.3 Å². The Bertz CT molecular complexity index is 1160. The molecule has 190 valence electrons. The van der Waals surface area contributed by atoms with E-state index in [0.29, 0.717) is 22.2 Å². The normalized spacial score (nSPS) is 12.5. The van der Waals surface area contributed by atoms with Crippen LogP contribution in [0.1, 0.15) is 31.4 Å². The standard InChI is InChI=1S/C28H29Cl2IN2O3/c1-3-19(2)32-28(35)26(16-20-7-5-4-6-8-20)33(17-21-9-14-24(29)25(30)15-21)27(34)18-36-23-12-10-22(31)11-13-23/h4-15,19,26H,3,16-18H2,1-2H3,(H,32,35)/t19-,26-/m1/s1. The third kappa shape index (κ3) is 8.39. The van der Waals surface area contributed by atoms with E-state index in [0.717, 1.165) is 21.1 Å². The highest BCUT2D eigenvalue weighted by Crippen LogP contribution is 2.24. The van der Waals surface area contributed by atoms with Gasteiger partial charge >= 0.3 is 0 Å². The van der Waals surface area contributed by atoms with E-state index in [1.807, 2.05) is 68.4 Å². The summed E-state index contributed by atoms with van der Waals surface area (Å²) in [5.41, 5.74) is 1.72. The molecule has 2 atom stereocenters. The van der Waals surface area contributed by atoms with Gasteiger partial charge < -0.3 is 15.0 Å². The zero-order valence-corrected chi connectivity index (χ0v) is 23.9. The van der Waals surface area contributed by atoms with Crippen molar-refractivity contribution in [1.29, 1.82) is 0 Å². The largest absolute Gasteiger partial charge is 0.484 e. The van der Waals surface area contributed by atoms with Gasteiger partial charge in [0.2, 0.25) is 5.91 Å². The molecular weight excluding hydrogens is 610 g/mol. The number of carbonyl (C=O) groups is 2. The number of rotatable bonds is 11. The molecular formula is C28H29Cl2IN2O3. The summed E-state index contributed by atoms with van der Waals surface area (Å²) in [6.45, 7) is 3.92. The van der Waals surface area contributed by atoms with E-state index >= 15 is 0 Å². The lowest BCUT2D eigenvalue weighted by Gasteiger charge is -2.32. The number of carbonyl (C=O) groups excluding carboxylic acids is 2. The summed E-state index contributed by atoms with van der Waals surface area (Å²) in [6, 6.07) is 21.6. The molecule has 0 aromatic heterocycles. The fraction of sp³-hybridized carbons (Fsp3) is 0.286. The monoisotopic (exact) mass is 638 g/mol. The smallest absolute Gasteiger partial charge is 0.261 e. The first-order valence-electron chi connectivity index (χ1n) is 11.7. The third-order valence-electron chi connectivity index (χ3n) is 5.79. The molecule has 3 rings (SSSR count). The van der Waals surface area contributed by atoms with Crippen LogP contribution < -0.4 is 10.1 Å². The molecule has 2 amide bonds. The summed E-state index contributed by atoms with van der Waals surface area (Å²) in [4.78, 5) is 28.6. The Labute approximate surface area is 236 Å². The SMILES string of the molecule is CC[C@@H](C)NC(=O)[C@@H](Cc1ccccc1)N(Cc1ccc(Cl)c(Cl)c1)C(=O)COc1ccc(I)cc1. The second-order valence-electron chi connectivity index (χ2n) is 8.54. The summed E-state index contributed by atoms with van der Waals surface area (Å²) < 4.78 is 6.86. The van der Waals surface area contributed by atoms with Crippen LogP contribution in [0.5, 0.6) is 5.75 Å². The number of benzene rings is 3. The molecule has 3 aromatic carbocycles. The van der Waals surface area contributed by atoms with Gasteiger partial charge in [0, 0.05) is 22.6 Å². The summed E-state index contributed by atoms with van der Waals surface area (Å²) in [6.07, 6.45) is 1.14. The molecule has 0 saturated heterocycles. The molecule has 5 nitrogen and oxygen atoms in total. The Balaban J connectivity index is 1.92. The van der Waals surface area contributed by atoms with Crippen LogP contribution in [-0.4, -0.2) is 35.4 Å². The van der Waals surface area contributed by atoms with Crippen molar-refractivity contribution in [3.63, 3.8) is 0 Å². The van der Waals surface area contributed by atoms with E-state index in [1.165, 1.54) is 0 Å². The van der Waals surface area contributed by atoms with E-state index in [1.54, 1.807) is 23.1 Å². The van der Waals surface area contributed by atoms with Gasteiger partial charge in [-0.1, -0.05) is 66.5 Å². The quantitative estimate of drug-likeness (QED) is 0.243. The second kappa shape index (κ2) is 13.9. The van der Waals surface area contributed by atoms with Crippen molar-refractivity contribution in [2.75, 3.05) is 6.61 Å². The van der Waals surface area contributed by atoms with Crippen LogP contribution in [0, 0.1) is 3.57 Å². The van der Waals surface area contributed by atoms with Gasteiger partial charge in [0.15, 0.2) is 6.61 Å². The molecule has 0 unspecified atom stereocenters. The second-order valence-corrected chi connectivity index (χ2v) is 10.6. The maximum Gasteiger partial charge on any atom is 0.261 e. The summed E-state index contributed by atoms with van der Waals surface area (Å²) in [5, 5.41) is 3.87. The zero-order chi connectivity index (χ0) is 26.1. The van der Waals surface area contributed by atoms with Crippen LogP contribution >= 0.6 is 45.8 Å². The molecule has 0 saturated carbocycles. The average molecular weight is 639 g/mol. The Kier molecular flexibility index (Phi) is 10.9. The zero-order valence-electron chi connectivity index (χ0n) is 20.2. The van der Waals surface area contributed by atoms with Crippen LogP contribution in [0.4, 0.5) is 0 Å². The van der Waals surface area contributed by atoms with Crippen molar-refractivity contribution in [1.82, 2.24) is 10.2 Å². The number of amides is 2. The number of ether oxygens (including phenoxy) is 1. The molecule has 0 bridgehead atoms. The average Bonchev–Trinajstić information content (AvgIpc) is 2.88.